The topological polar surface area (TPSA) is 59.8 Å². The van der Waals surface area contributed by atoms with Crippen LogP contribution in [0.2, 0.25) is 5.02 Å². The predicted molar refractivity (Wildman–Crippen MR) is 102 cm³/mol. The molecule has 1 N–H and O–H groups in total. The van der Waals surface area contributed by atoms with E-state index in [1.54, 1.807) is 0 Å². The number of nitrogens with one attached hydrogen (secondary N) is 1. The minimum Gasteiger partial charge on any atom is -0.322 e. The van der Waals surface area contributed by atoms with Crippen molar-refractivity contribution < 1.29 is 18.0 Å². The molecular formula is C20H16ClF3N4O. The van der Waals surface area contributed by atoms with Gasteiger partial charge in [0.15, 0.2) is 17.5 Å². The van der Waals surface area contributed by atoms with Crippen molar-refractivity contribution in [3.05, 3.63) is 64.2 Å². The van der Waals surface area contributed by atoms with Crippen molar-refractivity contribution in [2.75, 3.05) is 5.32 Å². The van der Waals surface area contributed by atoms with Crippen molar-refractivity contribution in [3.63, 3.8) is 0 Å². The van der Waals surface area contributed by atoms with Gasteiger partial charge >= 0.3 is 0 Å². The summed E-state index contributed by atoms with van der Waals surface area (Å²) in [6, 6.07) is 5.45. The number of benzene rings is 2. The maximum Gasteiger partial charge on any atom is 0.257 e. The molecule has 1 aromatic heterocycles. The van der Waals surface area contributed by atoms with E-state index in [2.05, 4.69) is 15.5 Å². The first-order chi connectivity index (χ1) is 13.9. The lowest BCUT2D eigenvalue weighted by atomic mass is 10.1. The fourth-order valence-electron chi connectivity index (χ4n) is 3.35. The molecule has 5 nitrogen and oxygen atoms in total. The highest BCUT2D eigenvalue weighted by Crippen LogP contribution is 2.28. The number of carbonyl (C=O) groups excluding carboxylic acids is 1. The number of rotatable bonds is 3. The first kappa shape index (κ1) is 19.4. The van der Waals surface area contributed by atoms with Gasteiger partial charge in [-0.15, -0.1) is 10.2 Å². The van der Waals surface area contributed by atoms with E-state index in [0.29, 0.717) is 12.4 Å². The second-order valence-electron chi connectivity index (χ2n) is 6.80. The zero-order chi connectivity index (χ0) is 20.5. The molecule has 0 saturated heterocycles. The average molecular weight is 421 g/mol. The summed E-state index contributed by atoms with van der Waals surface area (Å²) < 4.78 is 43.1. The molecule has 150 valence electrons. The first-order valence-corrected chi connectivity index (χ1v) is 9.49. The van der Waals surface area contributed by atoms with Gasteiger partial charge in [0.05, 0.1) is 16.1 Å². The van der Waals surface area contributed by atoms with Crippen molar-refractivity contribution >= 4 is 23.2 Å². The highest BCUT2D eigenvalue weighted by molar-refractivity contribution is 6.34. The van der Waals surface area contributed by atoms with Crippen LogP contribution in [0.5, 0.6) is 0 Å². The van der Waals surface area contributed by atoms with Gasteiger partial charge in [0.25, 0.3) is 5.91 Å². The van der Waals surface area contributed by atoms with E-state index in [1.807, 2.05) is 4.57 Å². The van der Waals surface area contributed by atoms with E-state index in [9.17, 15) is 18.0 Å². The standard InChI is InChI=1S/C20H16ClF3N4O/c21-14-10-17(24)16(23)9-12(14)20(29)25-11-5-6-15(22)13(8-11)19-27-26-18-4-2-1-3-7-28(18)19/h5-6,8-10H,1-4,7H2,(H,25,29). The second kappa shape index (κ2) is 7.87. The largest absolute Gasteiger partial charge is 0.322 e. The molecule has 0 atom stereocenters. The number of carbonyl (C=O) groups is 1. The number of aromatic nitrogens is 3. The van der Waals surface area contributed by atoms with E-state index in [1.165, 1.54) is 18.2 Å². The Hall–Kier alpha value is -2.87. The fourth-order valence-corrected chi connectivity index (χ4v) is 3.59. The summed E-state index contributed by atoms with van der Waals surface area (Å²) in [5, 5.41) is 10.6. The summed E-state index contributed by atoms with van der Waals surface area (Å²) in [5.41, 5.74) is 0.228. The molecule has 4 rings (SSSR count). The minimum absolute atomic E-state index is 0.194. The first-order valence-electron chi connectivity index (χ1n) is 9.12. The lowest BCUT2D eigenvalue weighted by Crippen LogP contribution is -2.13. The maximum absolute atomic E-state index is 14.5. The molecule has 3 aromatic rings. The molecule has 1 amide bonds. The SMILES string of the molecule is O=C(Nc1ccc(F)c(-c2nnc3n2CCCCC3)c1)c1cc(F)c(F)cc1Cl. The third-order valence-electron chi connectivity index (χ3n) is 4.83. The van der Waals surface area contributed by atoms with E-state index < -0.39 is 23.4 Å². The molecule has 2 heterocycles. The summed E-state index contributed by atoms with van der Waals surface area (Å²) in [6.45, 7) is 0.693. The highest BCUT2D eigenvalue weighted by Gasteiger charge is 2.20. The fraction of sp³-hybridized carbons (Fsp3) is 0.250. The molecule has 9 heteroatoms. The monoisotopic (exact) mass is 420 g/mol. The van der Waals surface area contributed by atoms with Crippen molar-refractivity contribution in [2.45, 2.75) is 32.2 Å². The molecule has 2 aromatic carbocycles. The van der Waals surface area contributed by atoms with Crippen LogP contribution in [0.15, 0.2) is 30.3 Å². The Balaban J connectivity index is 1.65. The van der Waals surface area contributed by atoms with Gasteiger partial charge in [-0.3, -0.25) is 4.79 Å². The Morgan fingerprint density at radius 1 is 1.00 bits per heavy atom. The number of hydrogen-bond acceptors (Lipinski definition) is 3. The molecule has 0 fully saturated rings. The molecule has 0 radical (unpaired) electrons. The van der Waals surface area contributed by atoms with E-state index in [-0.39, 0.29) is 21.8 Å². The summed E-state index contributed by atoms with van der Waals surface area (Å²) in [5.74, 6) is -2.39. The molecule has 29 heavy (non-hydrogen) atoms. The van der Waals surface area contributed by atoms with Crippen LogP contribution in [-0.2, 0) is 13.0 Å². The van der Waals surface area contributed by atoms with Crippen LogP contribution in [0.3, 0.4) is 0 Å². The average Bonchev–Trinajstić information content (AvgIpc) is 2.93. The molecule has 1 aliphatic heterocycles. The Morgan fingerprint density at radius 3 is 2.62 bits per heavy atom. The second-order valence-corrected chi connectivity index (χ2v) is 7.20. The van der Waals surface area contributed by atoms with E-state index in [0.717, 1.165) is 43.6 Å². The van der Waals surface area contributed by atoms with Crippen molar-refractivity contribution in [3.8, 4) is 11.4 Å². The van der Waals surface area contributed by atoms with Gasteiger partial charge in [-0.05, 0) is 43.2 Å². The summed E-state index contributed by atoms with van der Waals surface area (Å²) in [7, 11) is 0. The number of amides is 1. The van der Waals surface area contributed by atoms with Gasteiger partial charge in [0, 0.05) is 18.7 Å². The highest BCUT2D eigenvalue weighted by atomic mass is 35.5. The van der Waals surface area contributed by atoms with Crippen LogP contribution in [0, 0.1) is 17.5 Å². The molecule has 0 aliphatic carbocycles. The van der Waals surface area contributed by atoms with Crippen LogP contribution in [0.1, 0.15) is 35.4 Å². The summed E-state index contributed by atoms with van der Waals surface area (Å²) in [4.78, 5) is 12.4. The van der Waals surface area contributed by atoms with E-state index >= 15 is 0 Å². The number of hydrogen-bond donors (Lipinski definition) is 1. The smallest absolute Gasteiger partial charge is 0.257 e. The summed E-state index contributed by atoms with van der Waals surface area (Å²) >= 11 is 5.85. The number of fused-ring (bicyclic) bond motifs is 1. The molecule has 0 unspecified atom stereocenters. The lowest BCUT2D eigenvalue weighted by Gasteiger charge is -2.11. The molecule has 0 saturated carbocycles. The summed E-state index contributed by atoms with van der Waals surface area (Å²) in [6.07, 6.45) is 3.80. The molecule has 0 bridgehead atoms. The molecule has 1 aliphatic rings. The van der Waals surface area contributed by atoms with Crippen LogP contribution in [0.25, 0.3) is 11.4 Å². The maximum atomic E-state index is 14.5. The van der Waals surface area contributed by atoms with Crippen molar-refractivity contribution in [1.29, 1.82) is 0 Å². The van der Waals surface area contributed by atoms with Crippen molar-refractivity contribution in [2.24, 2.45) is 0 Å². The van der Waals surface area contributed by atoms with Crippen LogP contribution >= 0.6 is 11.6 Å². The predicted octanol–water partition coefficient (Wildman–Crippen LogP) is 4.99. The Labute approximate surface area is 169 Å². The number of anilines is 1. The quantitative estimate of drug-likeness (QED) is 0.607. The third kappa shape index (κ3) is 3.85. The number of halogens is 4. The van der Waals surface area contributed by atoms with Gasteiger partial charge in [0.1, 0.15) is 11.6 Å². The Morgan fingerprint density at radius 2 is 1.79 bits per heavy atom. The van der Waals surface area contributed by atoms with Gasteiger partial charge in [-0.1, -0.05) is 18.0 Å². The zero-order valence-corrected chi connectivity index (χ0v) is 15.9. The van der Waals surface area contributed by atoms with Crippen LogP contribution in [0.4, 0.5) is 18.9 Å². The minimum atomic E-state index is -1.19. The van der Waals surface area contributed by atoms with Gasteiger partial charge in [0.2, 0.25) is 0 Å². The van der Waals surface area contributed by atoms with Crippen LogP contribution < -0.4 is 5.32 Å². The van der Waals surface area contributed by atoms with E-state index in [4.69, 9.17) is 11.6 Å². The van der Waals surface area contributed by atoms with Gasteiger partial charge in [-0.25, -0.2) is 13.2 Å². The molecular weight excluding hydrogens is 405 g/mol. The number of nitrogens with zero attached hydrogens (tertiary/aromatic N) is 3. The molecule has 0 spiro atoms. The lowest BCUT2D eigenvalue weighted by molar-refractivity contribution is 0.102. The Kier molecular flexibility index (Phi) is 5.27. The van der Waals surface area contributed by atoms with Crippen LogP contribution in [-0.4, -0.2) is 20.7 Å². The van der Waals surface area contributed by atoms with Gasteiger partial charge in [-0.2, -0.15) is 0 Å². The van der Waals surface area contributed by atoms with Gasteiger partial charge < -0.3 is 9.88 Å². The normalized spacial score (nSPS) is 13.7. The van der Waals surface area contributed by atoms with Crippen molar-refractivity contribution in [1.82, 2.24) is 14.8 Å². The Bertz CT molecular complexity index is 1100. The zero-order valence-electron chi connectivity index (χ0n) is 15.2. The third-order valence-corrected chi connectivity index (χ3v) is 5.14. The number of aryl methyl sites for hydroxylation is 1.